The van der Waals surface area contributed by atoms with E-state index in [1.165, 1.54) is 6.08 Å². The highest BCUT2D eigenvalue weighted by Crippen LogP contribution is 2.17. The van der Waals surface area contributed by atoms with Crippen LogP contribution in [0.25, 0.3) is 6.08 Å². The summed E-state index contributed by atoms with van der Waals surface area (Å²) in [6.07, 6.45) is 3.31. The first-order chi connectivity index (χ1) is 10.2. The number of ether oxygens (including phenoxy) is 1. The maximum absolute atomic E-state index is 11.8. The molecule has 1 amide bonds. The van der Waals surface area contributed by atoms with E-state index in [9.17, 15) is 4.79 Å². The summed E-state index contributed by atoms with van der Waals surface area (Å²) in [6.45, 7) is 0.469. The maximum Gasteiger partial charge on any atom is 0.244 e. The van der Waals surface area contributed by atoms with Gasteiger partial charge in [0.2, 0.25) is 5.91 Å². The zero-order valence-electron chi connectivity index (χ0n) is 11.7. The summed E-state index contributed by atoms with van der Waals surface area (Å²) in [6, 6.07) is 15.4. The number of benzene rings is 2. The van der Waals surface area contributed by atoms with Crippen molar-refractivity contribution in [3.05, 3.63) is 70.2 Å². The van der Waals surface area contributed by atoms with Crippen molar-refractivity contribution < 1.29 is 9.53 Å². The van der Waals surface area contributed by atoms with Gasteiger partial charge in [-0.05, 0) is 35.4 Å². The topological polar surface area (TPSA) is 38.3 Å². The summed E-state index contributed by atoms with van der Waals surface area (Å²) in [5.74, 6) is 0.652. The first-order valence-electron chi connectivity index (χ1n) is 6.52. The normalized spacial score (nSPS) is 10.6. The minimum atomic E-state index is -0.131. The SMILES string of the molecule is COc1cccc(CNC(=O)/C=C/c2ccccc2Br)c1. The molecule has 108 valence electrons. The number of rotatable bonds is 5. The quantitative estimate of drug-likeness (QED) is 0.837. The lowest BCUT2D eigenvalue weighted by Gasteiger charge is -2.05. The van der Waals surface area contributed by atoms with Gasteiger partial charge < -0.3 is 10.1 Å². The monoisotopic (exact) mass is 345 g/mol. The third-order valence-electron chi connectivity index (χ3n) is 2.92. The van der Waals surface area contributed by atoms with Crippen LogP contribution in [0.5, 0.6) is 5.75 Å². The molecular formula is C17H16BrNO2. The number of amides is 1. The Balaban J connectivity index is 1.91. The molecule has 0 fully saturated rings. The van der Waals surface area contributed by atoms with Gasteiger partial charge in [-0.1, -0.05) is 46.3 Å². The predicted octanol–water partition coefficient (Wildman–Crippen LogP) is 3.79. The minimum absolute atomic E-state index is 0.131. The molecule has 0 aliphatic rings. The summed E-state index contributed by atoms with van der Waals surface area (Å²) >= 11 is 3.44. The van der Waals surface area contributed by atoms with Gasteiger partial charge in [-0.15, -0.1) is 0 Å². The molecule has 0 aliphatic heterocycles. The van der Waals surface area contributed by atoms with Crippen molar-refractivity contribution in [3.63, 3.8) is 0 Å². The molecule has 2 rings (SSSR count). The molecule has 0 atom stereocenters. The Labute approximate surface area is 132 Å². The van der Waals surface area contributed by atoms with Gasteiger partial charge in [0.15, 0.2) is 0 Å². The van der Waals surface area contributed by atoms with E-state index in [4.69, 9.17) is 4.74 Å². The summed E-state index contributed by atoms with van der Waals surface area (Å²) in [4.78, 5) is 11.8. The second kappa shape index (κ2) is 7.64. The summed E-state index contributed by atoms with van der Waals surface area (Å²) < 4.78 is 6.11. The Hall–Kier alpha value is -2.07. The molecule has 0 bridgehead atoms. The maximum atomic E-state index is 11.8. The molecule has 0 aromatic heterocycles. The van der Waals surface area contributed by atoms with Gasteiger partial charge in [-0.3, -0.25) is 4.79 Å². The van der Waals surface area contributed by atoms with Crippen LogP contribution in [-0.2, 0) is 11.3 Å². The Morgan fingerprint density at radius 1 is 1.24 bits per heavy atom. The van der Waals surface area contributed by atoms with Gasteiger partial charge in [0.1, 0.15) is 5.75 Å². The second-order valence-electron chi connectivity index (χ2n) is 4.42. The van der Waals surface area contributed by atoms with Gasteiger partial charge in [-0.2, -0.15) is 0 Å². The van der Waals surface area contributed by atoms with Crippen LogP contribution in [-0.4, -0.2) is 13.0 Å². The van der Waals surface area contributed by atoms with E-state index in [1.54, 1.807) is 13.2 Å². The molecule has 2 aromatic carbocycles. The molecule has 4 heteroatoms. The van der Waals surface area contributed by atoms with Crippen LogP contribution in [0.15, 0.2) is 59.1 Å². The Kier molecular flexibility index (Phi) is 5.58. The number of carbonyl (C=O) groups is 1. The molecular weight excluding hydrogens is 330 g/mol. The zero-order valence-corrected chi connectivity index (χ0v) is 13.3. The Morgan fingerprint density at radius 3 is 2.81 bits per heavy atom. The van der Waals surface area contributed by atoms with E-state index in [2.05, 4.69) is 21.2 Å². The smallest absolute Gasteiger partial charge is 0.244 e. The molecule has 0 radical (unpaired) electrons. The second-order valence-corrected chi connectivity index (χ2v) is 5.28. The molecule has 2 aromatic rings. The molecule has 21 heavy (non-hydrogen) atoms. The molecule has 0 saturated heterocycles. The lowest BCUT2D eigenvalue weighted by atomic mass is 10.2. The van der Waals surface area contributed by atoms with E-state index in [-0.39, 0.29) is 5.91 Å². The van der Waals surface area contributed by atoms with Crippen LogP contribution >= 0.6 is 15.9 Å². The van der Waals surface area contributed by atoms with Crippen molar-refractivity contribution in [3.8, 4) is 5.75 Å². The standard InChI is InChI=1S/C17H16BrNO2/c1-21-15-7-4-5-13(11-15)12-19-17(20)10-9-14-6-2-3-8-16(14)18/h2-11H,12H2,1H3,(H,19,20)/b10-9+. The fourth-order valence-electron chi connectivity index (χ4n) is 1.81. The van der Waals surface area contributed by atoms with Crippen LogP contribution in [0.2, 0.25) is 0 Å². The summed E-state index contributed by atoms with van der Waals surface area (Å²) in [5.41, 5.74) is 1.96. The molecule has 0 saturated carbocycles. The summed E-state index contributed by atoms with van der Waals surface area (Å²) in [7, 11) is 1.62. The lowest BCUT2D eigenvalue weighted by molar-refractivity contribution is -0.116. The van der Waals surface area contributed by atoms with Gasteiger partial charge in [-0.25, -0.2) is 0 Å². The number of methoxy groups -OCH3 is 1. The zero-order chi connectivity index (χ0) is 15.1. The number of carbonyl (C=O) groups excluding carboxylic acids is 1. The third kappa shape index (κ3) is 4.76. The van der Waals surface area contributed by atoms with Gasteiger partial charge in [0, 0.05) is 17.1 Å². The first kappa shape index (κ1) is 15.3. The minimum Gasteiger partial charge on any atom is -0.497 e. The average Bonchev–Trinajstić information content (AvgIpc) is 2.52. The fraction of sp³-hybridized carbons (Fsp3) is 0.118. The number of hydrogen-bond acceptors (Lipinski definition) is 2. The largest absolute Gasteiger partial charge is 0.497 e. The van der Waals surface area contributed by atoms with Crippen molar-refractivity contribution in [2.45, 2.75) is 6.54 Å². The van der Waals surface area contributed by atoms with E-state index < -0.39 is 0 Å². The number of halogens is 1. The van der Waals surface area contributed by atoms with Crippen molar-refractivity contribution in [1.29, 1.82) is 0 Å². The number of hydrogen-bond donors (Lipinski definition) is 1. The van der Waals surface area contributed by atoms with Gasteiger partial charge in [0.05, 0.1) is 7.11 Å². The van der Waals surface area contributed by atoms with Crippen molar-refractivity contribution in [2.24, 2.45) is 0 Å². The molecule has 0 aliphatic carbocycles. The Morgan fingerprint density at radius 2 is 2.05 bits per heavy atom. The average molecular weight is 346 g/mol. The molecule has 0 unspecified atom stereocenters. The van der Waals surface area contributed by atoms with Gasteiger partial charge >= 0.3 is 0 Å². The molecule has 0 heterocycles. The highest BCUT2D eigenvalue weighted by molar-refractivity contribution is 9.10. The highest BCUT2D eigenvalue weighted by Gasteiger charge is 1.99. The van der Waals surface area contributed by atoms with Crippen LogP contribution < -0.4 is 10.1 Å². The first-order valence-corrected chi connectivity index (χ1v) is 7.31. The number of nitrogens with one attached hydrogen (secondary N) is 1. The van der Waals surface area contributed by atoms with Crippen molar-refractivity contribution in [2.75, 3.05) is 7.11 Å². The predicted molar refractivity (Wildman–Crippen MR) is 88.0 cm³/mol. The summed E-state index contributed by atoms with van der Waals surface area (Å²) in [5, 5.41) is 2.84. The van der Waals surface area contributed by atoms with Crippen LogP contribution in [0.4, 0.5) is 0 Å². The molecule has 1 N–H and O–H groups in total. The van der Waals surface area contributed by atoms with E-state index in [0.29, 0.717) is 6.54 Å². The van der Waals surface area contributed by atoms with Crippen LogP contribution in [0, 0.1) is 0 Å². The molecule has 3 nitrogen and oxygen atoms in total. The van der Waals surface area contributed by atoms with Gasteiger partial charge in [0.25, 0.3) is 0 Å². The van der Waals surface area contributed by atoms with Crippen molar-refractivity contribution in [1.82, 2.24) is 5.32 Å². The van der Waals surface area contributed by atoms with Crippen LogP contribution in [0.3, 0.4) is 0 Å². The highest BCUT2D eigenvalue weighted by atomic mass is 79.9. The Bertz CT molecular complexity index is 653. The van der Waals surface area contributed by atoms with E-state index >= 15 is 0 Å². The van der Waals surface area contributed by atoms with E-state index in [0.717, 1.165) is 21.3 Å². The van der Waals surface area contributed by atoms with Crippen molar-refractivity contribution >= 4 is 27.9 Å². The van der Waals surface area contributed by atoms with E-state index in [1.807, 2.05) is 48.5 Å². The fourth-order valence-corrected chi connectivity index (χ4v) is 2.22. The van der Waals surface area contributed by atoms with Crippen LogP contribution in [0.1, 0.15) is 11.1 Å². The lowest BCUT2D eigenvalue weighted by Crippen LogP contribution is -2.20. The molecule has 0 spiro atoms. The third-order valence-corrected chi connectivity index (χ3v) is 3.64.